The predicted molar refractivity (Wildman–Crippen MR) is 92.6 cm³/mol. The Labute approximate surface area is 142 Å². The van der Waals surface area contributed by atoms with Crippen molar-refractivity contribution in [2.75, 3.05) is 13.2 Å². The molecule has 0 heterocycles. The third kappa shape index (κ3) is 5.23. The van der Waals surface area contributed by atoms with Crippen LogP contribution in [0.1, 0.15) is 25.0 Å². The number of rotatable bonds is 7. The molecule has 2 aromatic carbocycles. The van der Waals surface area contributed by atoms with E-state index in [1.807, 2.05) is 48.5 Å². The van der Waals surface area contributed by atoms with E-state index in [1.165, 1.54) is 0 Å². The minimum atomic E-state index is -0.214. The molecule has 0 aliphatic carbocycles. The van der Waals surface area contributed by atoms with Gasteiger partial charge in [-0.25, -0.2) is 0 Å². The van der Waals surface area contributed by atoms with Crippen molar-refractivity contribution in [3.8, 4) is 11.1 Å². The molecule has 0 bridgehead atoms. The van der Waals surface area contributed by atoms with Gasteiger partial charge in [0.2, 0.25) is 0 Å². The van der Waals surface area contributed by atoms with Gasteiger partial charge in [0.05, 0.1) is 26.1 Å². The van der Waals surface area contributed by atoms with Crippen molar-refractivity contribution in [3.05, 3.63) is 59.7 Å². The van der Waals surface area contributed by atoms with E-state index in [9.17, 15) is 9.59 Å². The second-order valence-electron chi connectivity index (χ2n) is 5.36. The Kier molecular flexibility index (Phi) is 6.55. The lowest BCUT2D eigenvalue weighted by Gasteiger charge is -2.06. The number of benzene rings is 2. The molecule has 0 atom stereocenters. The molecule has 0 unspecified atom stereocenters. The molecule has 0 N–H and O–H groups in total. The van der Waals surface area contributed by atoms with Gasteiger partial charge >= 0.3 is 11.9 Å². The van der Waals surface area contributed by atoms with Crippen molar-refractivity contribution >= 4 is 11.9 Å². The largest absolute Gasteiger partial charge is 0.466 e. The lowest BCUT2D eigenvalue weighted by atomic mass is 10.0. The molecule has 0 fully saturated rings. The van der Waals surface area contributed by atoms with Crippen LogP contribution in [-0.4, -0.2) is 25.2 Å². The third-order valence-corrected chi connectivity index (χ3v) is 3.55. The van der Waals surface area contributed by atoms with Gasteiger partial charge in [-0.2, -0.15) is 0 Å². The summed E-state index contributed by atoms with van der Waals surface area (Å²) in [6, 6.07) is 15.6. The van der Waals surface area contributed by atoms with Crippen LogP contribution in [0.5, 0.6) is 0 Å². The summed E-state index contributed by atoms with van der Waals surface area (Å²) in [5, 5.41) is 0. The molecule has 2 rings (SSSR count). The Hall–Kier alpha value is -2.62. The monoisotopic (exact) mass is 326 g/mol. The van der Waals surface area contributed by atoms with Crippen molar-refractivity contribution in [1.82, 2.24) is 0 Å². The fourth-order valence-electron chi connectivity index (χ4n) is 2.39. The number of hydrogen-bond donors (Lipinski definition) is 0. The molecular formula is C20H22O4. The van der Waals surface area contributed by atoms with Gasteiger partial charge in [-0.1, -0.05) is 48.5 Å². The summed E-state index contributed by atoms with van der Waals surface area (Å²) in [7, 11) is 0. The SMILES string of the molecule is CCOC(=O)Cc1ccc(-c2ccc(CC(=O)OCC)cc2)cc1. The molecular weight excluding hydrogens is 304 g/mol. The summed E-state index contributed by atoms with van der Waals surface area (Å²) < 4.78 is 9.89. The first-order valence-electron chi connectivity index (χ1n) is 8.12. The third-order valence-electron chi connectivity index (χ3n) is 3.55. The Morgan fingerprint density at radius 2 is 1.00 bits per heavy atom. The standard InChI is InChI=1S/C20H22O4/c1-3-23-19(21)13-15-5-9-17(10-6-15)18-11-7-16(8-12-18)14-20(22)24-4-2/h5-12H,3-4,13-14H2,1-2H3. The zero-order chi connectivity index (χ0) is 17.4. The van der Waals surface area contributed by atoms with E-state index in [0.29, 0.717) is 13.2 Å². The highest BCUT2D eigenvalue weighted by atomic mass is 16.5. The normalized spacial score (nSPS) is 10.2. The van der Waals surface area contributed by atoms with Crippen LogP contribution in [0.2, 0.25) is 0 Å². The zero-order valence-electron chi connectivity index (χ0n) is 14.1. The number of carbonyl (C=O) groups excluding carboxylic acids is 2. The Morgan fingerprint density at radius 3 is 1.29 bits per heavy atom. The van der Waals surface area contributed by atoms with Gasteiger partial charge < -0.3 is 9.47 Å². The minimum absolute atomic E-state index is 0.214. The quantitative estimate of drug-likeness (QED) is 0.730. The summed E-state index contributed by atoms with van der Waals surface area (Å²) >= 11 is 0. The molecule has 0 radical (unpaired) electrons. The Balaban J connectivity index is 2.01. The average Bonchev–Trinajstić information content (AvgIpc) is 2.57. The summed E-state index contributed by atoms with van der Waals surface area (Å²) in [5.74, 6) is -0.429. The van der Waals surface area contributed by atoms with Crippen LogP contribution in [0, 0.1) is 0 Å². The maximum Gasteiger partial charge on any atom is 0.310 e. The number of hydrogen-bond acceptors (Lipinski definition) is 4. The number of esters is 2. The van der Waals surface area contributed by atoms with E-state index >= 15 is 0 Å². The summed E-state index contributed by atoms with van der Waals surface area (Å²) in [6.45, 7) is 4.39. The van der Waals surface area contributed by atoms with Crippen LogP contribution in [0.4, 0.5) is 0 Å². The molecule has 2 aromatic rings. The summed E-state index contributed by atoms with van der Waals surface area (Å²) in [5.41, 5.74) is 3.97. The van der Waals surface area contributed by atoms with E-state index in [1.54, 1.807) is 13.8 Å². The molecule has 0 saturated carbocycles. The van der Waals surface area contributed by atoms with Crippen molar-refractivity contribution in [1.29, 1.82) is 0 Å². The molecule has 0 amide bonds. The average molecular weight is 326 g/mol. The fraction of sp³-hybridized carbons (Fsp3) is 0.300. The van der Waals surface area contributed by atoms with Crippen LogP contribution in [-0.2, 0) is 31.9 Å². The van der Waals surface area contributed by atoms with Crippen LogP contribution < -0.4 is 0 Å². The number of ether oxygens (including phenoxy) is 2. The van der Waals surface area contributed by atoms with Crippen LogP contribution >= 0.6 is 0 Å². The van der Waals surface area contributed by atoms with E-state index in [2.05, 4.69) is 0 Å². The van der Waals surface area contributed by atoms with Crippen molar-refractivity contribution in [2.24, 2.45) is 0 Å². The summed E-state index contributed by atoms with van der Waals surface area (Å²) in [6.07, 6.45) is 0.569. The fourth-order valence-corrected chi connectivity index (χ4v) is 2.39. The lowest BCUT2D eigenvalue weighted by Crippen LogP contribution is -2.07. The minimum Gasteiger partial charge on any atom is -0.466 e. The second kappa shape index (κ2) is 8.87. The molecule has 4 nitrogen and oxygen atoms in total. The van der Waals surface area contributed by atoms with Gasteiger partial charge in [-0.3, -0.25) is 9.59 Å². The topological polar surface area (TPSA) is 52.6 Å². The smallest absolute Gasteiger partial charge is 0.310 e. The van der Waals surface area contributed by atoms with E-state index in [-0.39, 0.29) is 24.8 Å². The maximum atomic E-state index is 11.5. The second-order valence-corrected chi connectivity index (χ2v) is 5.36. The molecule has 0 saturated heterocycles. The maximum absolute atomic E-state index is 11.5. The first kappa shape index (κ1) is 17.7. The molecule has 0 aromatic heterocycles. The molecule has 0 aliphatic heterocycles. The highest BCUT2D eigenvalue weighted by Gasteiger charge is 2.06. The van der Waals surface area contributed by atoms with Gasteiger partial charge in [0.1, 0.15) is 0 Å². The molecule has 0 spiro atoms. The van der Waals surface area contributed by atoms with Gasteiger partial charge in [0, 0.05) is 0 Å². The summed E-state index contributed by atoms with van der Waals surface area (Å²) in [4.78, 5) is 23.0. The highest BCUT2D eigenvalue weighted by Crippen LogP contribution is 2.21. The first-order valence-corrected chi connectivity index (χ1v) is 8.12. The van der Waals surface area contributed by atoms with Crippen LogP contribution in [0.25, 0.3) is 11.1 Å². The lowest BCUT2D eigenvalue weighted by molar-refractivity contribution is -0.143. The highest BCUT2D eigenvalue weighted by molar-refractivity contribution is 5.74. The van der Waals surface area contributed by atoms with Gasteiger partial charge in [0.25, 0.3) is 0 Å². The molecule has 126 valence electrons. The number of carbonyl (C=O) groups is 2. The Bertz CT molecular complexity index is 610. The van der Waals surface area contributed by atoms with Crippen LogP contribution in [0.15, 0.2) is 48.5 Å². The Morgan fingerprint density at radius 1 is 0.667 bits per heavy atom. The van der Waals surface area contributed by atoms with Gasteiger partial charge in [-0.15, -0.1) is 0 Å². The van der Waals surface area contributed by atoms with Crippen molar-refractivity contribution < 1.29 is 19.1 Å². The zero-order valence-corrected chi connectivity index (χ0v) is 14.1. The molecule has 0 aliphatic rings. The predicted octanol–water partition coefficient (Wildman–Crippen LogP) is 3.56. The first-order chi connectivity index (χ1) is 11.6. The molecule has 24 heavy (non-hydrogen) atoms. The van der Waals surface area contributed by atoms with Gasteiger partial charge in [0.15, 0.2) is 0 Å². The van der Waals surface area contributed by atoms with E-state index in [0.717, 1.165) is 22.3 Å². The van der Waals surface area contributed by atoms with E-state index in [4.69, 9.17) is 9.47 Å². The van der Waals surface area contributed by atoms with Gasteiger partial charge in [-0.05, 0) is 36.1 Å². The van der Waals surface area contributed by atoms with E-state index < -0.39 is 0 Å². The van der Waals surface area contributed by atoms with Crippen LogP contribution in [0.3, 0.4) is 0 Å². The van der Waals surface area contributed by atoms with Crippen molar-refractivity contribution in [2.45, 2.75) is 26.7 Å². The van der Waals surface area contributed by atoms with Crippen molar-refractivity contribution in [3.63, 3.8) is 0 Å². The molecule has 4 heteroatoms.